The summed E-state index contributed by atoms with van der Waals surface area (Å²) in [6, 6.07) is 12.2. The maximum atomic E-state index is 11.9. The molecule has 0 saturated heterocycles. The largest absolute Gasteiger partial charge is 0.496 e. The number of rotatable bonds is 4. The van der Waals surface area contributed by atoms with Gasteiger partial charge in [-0.1, -0.05) is 35.4 Å². The number of nitrogens with one attached hydrogen (secondary N) is 2. The number of hydrogen-bond donors (Lipinski definition) is 2. The van der Waals surface area contributed by atoms with Gasteiger partial charge in [-0.05, 0) is 37.3 Å². The molecule has 2 rings (SSSR count). The van der Waals surface area contributed by atoms with Gasteiger partial charge in [0.25, 0.3) is 11.8 Å². The van der Waals surface area contributed by atoms with Crippen LogP contribution in [0.4, 0.5) is 0 Å². The molecule has 0 aliphatic rings. The second kappa shape index (κ2) is 8.17. The molecular formula is C18H17ClN2O3. The molecule has 0 heterocycles. The van der Waals surface area contributed by atoms with Gasteiger partial charge in [0.1, 0.15) is 5.75 Å². The minimum absolute atomic E-state index is 0.281. The monoisotopic (exact) mass is 344 g/mol. The van der Waals surface area contributed by atoms with Crippen molar-refractivity contribution in [2.45, 2.75) is 6.92 Å². The molecule has 0 aromatic heterocycles. The molecule has 0 unspecified atom stereocenters. The molecule has 5 nitrogen and oxygen atoms in total. The minimum Gasteiger partial charge on any atom is -0.496 e. The van der Waals surface area contributed by atoms with Crippen LogP contribution in [0, 0.1) is 6.92 Å². The Morgan fingerprint density at radius 3 is 2.58 bits per heavy atom. The van der Waals surface area contributed by atoms with Crippen LogP contribution in [0.3, 0.4) is 0 Å². The number of methoxy groups -OCH3 is 1. The van der Waals surface area contributed by atoms with Crippen molar-refractivity contribution in [1.29, 1.82) is 0 Å². The van der Waals surface area contributed by atoms with Crippen LogP contribution in [-0.4, -0.2) is 18.9 Å². The fourth-order valence-electron chi connectivity index (χ4n) is 2.02. The molecule has 0 fully saturated rings. The summed E-state index contributed by atoms with van der Waals surface area (Å²) in [6.45, 7) is 1.95. The van der Waals surface area contributed by atoms with E-state index in [9.17, 15) is 9.59 Å². The predicted octanol–water partition coefficient (Wildman–Crippen LogP) is 3.13. The number of amides is 2. The van der Waals surface area contributed by atoms with Crippen molar-refractivity contribution in [2.75, 3.05) is 7.11 Å². The normalized spacial score (nSPS) is 10.5. The first-order chi connectivity index (χ1) is 11.5. The summed E-state index contributed by atoms with van der Waals surface area (Å²) >= 11 is 5.92. The third kappa shape index (κ3) is 4.60. The molecule has 2 amide bonds. The highest BCUT2D eigenvalue weighted by Gasteiger charge is 2.09. The molecule has 0 bridgehead atoms. The minimum atomic E-state index is -0.490. The molecule has 0 saturated carbocycles. The van der Waals surface area contributed by atoms with E-state index in [1.54, 1.807) is 37.5 Å². The Hall–Kier alpha value is -2.79. The van der Waals surface area contributed by atoms with Crippen molar-refractivity contribution in [1.82, 2.24) is 10.9 Å². The molecular weight excluding hydrogens is 328 g/mol. The standard InChI is InChI=1S/C18H17ClN2O3/c1-12-7-9-16(24-2)13(11-12)8-10-17(22)20-21-18(23)14-5-3-4-6-15(14)19/h3-11H,1-2H3,(H,20,22)(H,21,23)/b10-8+. The Morgan fingerprint density at radius 1 is 1.12 bits per heavy atom. The van der Waals surface area contributed by atoms with E-state index in [0.29, 0.717) is 10.8 Å². The smallest absolute Gasteiger partial charge is 0.271 e. The number of carbonyl (C=O) groups excluding carboxylic acids is 2. The van der Waals surface area contributed by atoms with Crippen molar-refractivity contribution in [3.8, 4) is 5.75 Å². The quantitative estimate of drug-likeness (QED) is 0.661. The zero-order chi connectivity index (χ0) is 17.5. The average molecular weight is 345 g/mol. The lowest BCUT2D eigenvalue weighted by Crippen LogP contribution is -2.40. The highest BCUT2D eigenvalue weighted by atomic mass is 35.5. The van der Waals surface area contributed by atoms with Crippen LogP contribution in [0.5, 0.6) is 5.75 Å². The number of carbonyl (C=O) groups is 2. The highest BCUT2D eigenvalue weighted by molar-refractivity contribution is 6.33. The molecule has 2 aromatic carbocycles. The van der Waals surface area contributed by atoms with Gasteiger partial charge in [-0.3, -0.25) is 20.4 Å². The van der Waals surface area contributed by atoms with Crippen molar-refractivity contribution in [2.24, 2.45) is 0 Å². The lowest BCUT2D eigenvalue weighted by molar-refractivity contribution is -0.117. The van der Waals surface area contributed by atoms with Gasteiger partial charge in [0, 0.05) is 11.6 Å². The summed E-state index contributed by atoms with van der Waals surface area (Å²) in [5.74, 6) is -0.306. The van der Waals surface area contributed by atoms with Crippen molar-refractivity contribution < 1.29 is 14.3 Å². The summed E-state index contributed by atoms with van der Waals surface area (Å²) in [6.07, 6.45) is 2.92. The first kappa shape index (κ1) is 17.6. The third-order valence-electron chi connectivity index (χ3n) is 3.22. The summed E-state index contributed by atoms with van der Waals surface area (Å²) in [4.78, 5) is 23.8. The van der Waals surface area contributed by atoms with E-state index in [1.165, 1.54) is 6.08 Å². The second-order valence-electron chi connectivity index (χ2n) is 5.00. The Morgan fingerprint density at radius 2 is 1.88 bits per heavy atom. The van der Waals surface area contributed by atoms with Crippen molar-refractivity contribution in [3.05, 3.63) is 70.3 Å². The number of hydrazine groups is 1. The van der Waals surface area contributed by atoms with Crippen LogP contribution >= 0.6 is 11.6 Å². The van der Waals surface area contributed by atoms with Gasteiger partial charge in [0.15, 0.2) is 0 Å². The Bertz CT molecular complexity index is 788. The molecule has 0 spiro atoms. The molecule has 2 N–H and O–H groups in total. The number of ether oxygens (including phenoxy) is 1. The topological polar surface area (TPSA) is 67.4 Å². The molecule has 24 heavy (non-hydrogen) atoms. The fraction of sp³-hybridized carbons (Fsp3) is 0.111. The lowest BCUT2D eigenvalue weighted by atomic mass is 10.1. The van der Waals surface area contributed by atoms with E-state index in [2.05, 4.69) is 10.9 Å². The SMILES string of the molecule is COc1ccc(C)cc1/C=C/C(=O)NNC(=O)c1ccccc1Cl. The first-order valence-corrected chi connectivity index (χ1v) is 7.56. The third-order valence-corrected chi connectivity index (χ3v) is 3.55. The van der Waals surface area contributed by atoms with E-state index in [4.69, 9.17) is 16.3 Å². The number of hydrogen-bond acceptors (Lipinski definition) is 3. The van der Waals surface area contributed by atoms with E-state index < -0.39 is 11.8 Å². The molecule has 6 heteroatoms. The van der Waals surface area contributed by atoms with Crippen LogP contribution in [0.25, 0.3) is 6.08 Å². The molecule has 0 radical (unpaired) electrons. The number of benzene rings is 2. The van der Waals surface area contributed by atoms with E-state index in [0.717, 1.165) is 11.1 Å². The first-order valence-electron chi connectivity index (χ1n) is 7.19. The molecule has 124 valence electrons. The Kier molecular flexibility index (Phi) is 5.98. The number of aryl methyl sites for hydroxylation is 1. The maximum absolute atomic E-state index is 11.9. The summed E-state index contributed by atoms with van der Waals surface area (Å²) in [7, 11) is 1.56. The van der Waals surface area contributed by atoms with E-state index in [-0.39, 0.29) is 5.56 Å². The lowest BCUT2D eigenvalue weighted by Gasteiger charge is -2.07. The average Bonchev–Trinajstić information content (AvgIpc) is 2.58. The van der Waals surface area contributed by atoms with Gasteiger partial charge < -0.3 is 4.74 Å². The van der Waals surface area contributed by atoms with Crippen LogP contribution in [-0.2, 0) is 4.79 Å². The summed E-state index contributed by atoms with van der Waals surface area (Å²) in [5, 5.41) is 0.310. The van der Waals surface area contributed by atoms with Crippen LogP contribution in [0.1, 0.15) is 21.5 Å². The second-order valence-corrected chi connectivity index (χ2v) is 5.41. The van der Waals surface area contributed by atoms with Crippen LogP contribution in [0.2, 0.25) is 5.02 Å². The van der Waals surface area contributed by atoms with Gasteiger partial charge in [-0.2, -0.15) is 0 Å². The highest BCUT2D eigenvalue weighted by Crippen LogP contribution is 2.20. The summed E-state index contributed by atoms with van der Waals surface area (Å²) < 4.78 is 5.23. The van der Waals surface area contributed by atoms with Crippen molar-refractivity contribution in [3.63, 3.8) is 0 Å². The van der Waals surface area contributed by atoms with Gasteiger partial charge in [-0.15, -0.1) is 0 Å². The van der Waals surface area contributed by atoms with Gasteiger partial charge >= 0.3 is 0 Å². The van der Waals surface area contributed by atoms with Gasteiger partial charge in [-0.25, -0.2) is 0 Å². The fourth-order valence-corrected chi connectivity index (χ4v) is 2.24. The van der Waals surface area contributed by atoms with Crippen LogP contribution in [0.15, 0.2) is 48.5 Å². The van der Waals surface area contributed by atoms with E-state index >= 15 is 0 Å². The predicted molar refractivity (Wildman–Crippen MR) is 93.8 cm³/mol. The summed E-state index contributed by atoms with van der Waals surface area (Å²) in [5.41, 5.74) is 6.71. The zero-order valence-electron chi connectivity index (χ0n) is 13.3. The van der Waals surface area contributed by atoms with Gasteiger partial charge in [0.05, 0.1) is 17.7 Å². The molecule has 0 aliphatic carbocycles. The van der Waals surface area contributed by atoms with E-state index in [1.807, 2.05) is 25.1 Å². The van der Waals surface area contributed by atoms with Gasteiger partial charge in [0.2, 0.25) is 0 Å². The zero-order valence-corrected chi connectivity index (χ0v) is 14.1. The maximum Gasteiger partial charge on any atom is 0.271 e. The van der Waals surface area contributed by atoms with Crippen molar-refractivity contribution >= 4 is 29.5 Å². The number of halogens is 1. The Balaban J connectivity index is 1.98. The molecule has 2 aromatic rings. The molecule has 0 aliphatic heterocycles. The molecule has 0 atom stereocenters. The Labute approximate surface area is 145 Å². The van der Waals surface area contributed by atoms with Crippen LogP contribution < -0.4 is 15.6 Å².